The number of carbonyl (C=O) groups excluding carboxylic acids is 1. The third-order valence-electron chi connectivity index (χ3n) is 3.90. The number of hydrogen-bond donors (Lipinski definition) is 1. The molecule has 0 bridgehead atoms. The fraction of sp³-hybridized carbons (Fsp3) is 0.923. The van der Waals surface area contributed by atoms with Crippen LogP contribution in [0.2, 0.25) is 0 Å². The Morgan fingerprint density at radius 2 is 1.90 bits per heavy atom. The SMILES string of the molecule is CCOCC(=O)NCC1CCN(S(=O)(=O)C2CC2)CC1. The molecule has 2 aliphatic rings. The van der Waals surface area contributed by atoms with Gasteiger partial charge in [0, 0.05) is 26.2 Å². The molecule has 0 aromatic carbocycles. The Hall–Kier alpha value is -0.660. The highest BCUT2D eigenvalue weighted by molar-refractivity contribution is 7.90. The van der Waals surface area contributed by atoms with E-state index in [1.165, 1.54) is 0 Å². The summed E-state index contributed by atoms with van der Waals surface area (Å²) in [5, 5.41) is 2.72. The molecule has 2 rings (SSSR count). The van der Waals surface area contributed by atoms with Crippen LogP contribution in [-0.2, 0) is 19.6 Å². The van der Waals surface area contributed by atoms with Crippen LogP contribution >= 0.6 is 0 Å². The average Bonchev–Trinajstić information content (AvgIpc) is 3.28. The summed E-state index contributed by atoms with van der Waals surface area (Å²) in [4.78, 5) is 11.4. The van der Waals surface area contributed by atoms with Crippen molar-refractivity contribution in [3.05, 3.63) is 0 Å². The lowest BCUT2D eigenvalue weighted by Crippen LogP contribution is -2.43. The van der Waals surface area contributed by atoms with E-state index in [2.05, 4.69) is 5.32 Å². The zero-order valence-corrected chi connectivity index (χ0v) is 12.8. The van der Waals surface area contributed by atoms with Gasteiger partial charge in [0.25, 0.3) is 0 Å². The topological polar surface area (TPSA) is 75.7 Å². The Balaban J connectivity index is 1.68. The normalized spacial score (nSPS) is 21.9. The minimum Gasteiger partial charge on any atom is -0.372 e. The van der Waals surface area contributed by atoms with Gasteiger partial charge >= 0.3 is 0 Å². The van der Waals surface area contributed by atoms with Gasteiger partial charge in [-0.3, -0.25) is 4.79 Å². The van der Waals surface area contributed by atoms with E-state index in [9.17, 15) is 13.2 Å². The number of nitrogens with zero attached hydrogens (tertiary/aromatic N) is 1. The molecular formula is C13H24N2O4S. The molecule has 116 valence electrons. The average molecular weight is 304 g/mol. The van der Waals surface area contributed by atoms with Crippen LogP contribution in [0.15, 0.2) is 0 Å². The summed E-state index contributed by atoms with van der Waals surface area (Å²) >= 11 is 0. The van der Waals surface area contributed by atoms with Crippen LogP contribution in [0, 0.1) is 5.92 Å². The number of amides is 1. The van der Waals surface area contributed by atoms with Gasteiger partial charge in [-0.15, -0.1) is 0 Å². The molecule has 2 fully saturated rings. The molecule has 0 atom stereocenters. The molecular weight excluding hydrogens is 280 g/mol. The molecule has 0 aromatic heterocycles. The molecule has 1 N–H and O–H groups in total. The van der Waals surface area contributed by atoms with Gasteiger partial charge < -0.3 is 10.1 Å². The first-order valence-corrected chi connectivity index (χ1v) is 8.87. The van der Waals surface area contributed by atoms with Gasteiger partial charge in [0.1, 0.15) is 6.61 Å². The molecule has 0 aromatic rings. The van der Waals surface area contributed by atoms with Crippen molar-refractivity contribution in [1.29, 1.82) is 0 Å². The minimum atomic E-state index is -3.03. The Kier molecular flexibility index (Phi) is 5.40. The highest BCUT2D eigenvalue weighted by atomic mass is 32.2. The smallest absolute Gasteiger partial charge is 0.246 e. The first-order valence-electron chi connectivity index (χ1n) is 7.37. The van der Waals surface area contributed by atoms with Gasteiger partial charge in [-0.05, 0) is 38.5 Å². The Bertz CT molecular complexity index is 426. The molecule has 6 nitrogen and oxygen atoms in total. The van der Waals surface area contributed by atoms with Crippen LogP contribution in [0.5, 0.6) is 0 Å². The molecule has 20 heavy (non-hydrogen) atoms. The van der Waals surface area contributed by atoms with E-state index in [-0.39, 0.29) is 17.8 Å². The van der Waals surface area contributed by atoms with Crippen molar-refractivity contribution in [3.63, 3.8) is 0 Å². The zero-order valence-electron chi connectivity index (χ0n) is 12.0. The molecule has 7 heteroatoms. The van der Waals surface area contributed by atoms with Crippen molar-refractivity contribution in [2.75, 3.05) is 32.8 Å². The molecule has 1 amide bonds. The van der Waals surface area contributed by atoms with Crippen LogP contribution in [0.3, 0.4) is 0 Å². The molecule has 0 radical (unpaired) electrons. The third kappa shape index (κ3) is 4.17. The maximum atomic E-state index is 12.1. The van der Waals surface area contributed by atoms with Crippen LogP contribution in [0.1, 0.15) is 32.6 Å². The molecule has 1 heterocycles. The maximum absolute atomic E-state index is 12.1. The fourth-order valence-electron chi connectivity index (χ4n) is 2.45. The van der Waals surface area contributed by atoms with E-state index in [0.717, 1.165) is 25.7 Å². The second-order valence-corrected chi connectivity index (χ2v) is 7.74. The van der Waals surface area contributed by atoms with Gasteiger partial charge in [0.05, 0.1) is 5.25 Å². The van der Waals surface area contributed by atoms with Gasteiger partial charge in [0.2, 0.25) is 15.9 Å². The predicted octanol–water partition coefficient (Wildman–Crippen LogP) is 0.343. The van der Waals surface area contributed by atoms with Crippen molar-refractivity contribution in [3.8, 4) is 0 Å². The summed E-state index contributed by atoms with van der Waals surface area (Å²) < 4.78 is 30.8. The summed E-state index contributed by atoms with van der Waals surface area (Å²) in [5.41, 5.74) is 0. The first kappa shape index (κ1) is 15.7. The van der Waals surface area contributed by atoms with Crippen LogP contribution in [0.4, 0.5) is 0 Å². The van der Waals surface area contributed by atoms with Gasteiger partial charge in [-0.25, -0.2) is 12.7 Å². The molecule has 0 unspecified atom stereocenters. The van der Waals surface area contributed by atoms with E-state index in [1.807, 2.05) is 6.92 Å². The summed E-state index contributed by atoms with van der Waals surface area (Å²) in [6.45, 7) is 4.28. The number of piperidine rings is 1. The highest BCUT2D eigenvalue weighted by Crippen LogP contribution is 2.32. The zero-order chi connectivity index (χ0) is 14.6. The number of carbonyl (C=O) groups is 1. The van der Waals surface area contributed by atoms with Crippen molar-refractivity contribution in [1.82, 2.24) is 9.62 Å². The van der Waals surface area contributed by atoms with Crippen LogP contribution in [-0.4, -0.2) is 56.7 Å². The quantitative estimate of drug-likeness (QED) is 0.736. The second-order valence-electron chi connectivity index (χ2n) is 5.53. The number of sulfonamides is 1. The Morgan fingerprint density at radius 3 is 2.45 bits per heavy atom. The number of ether oxygens (including phenoxy) is 1. The standard InChI is InChI=1S/C13H24N2O4S/c1-2-19-10-13(16)14-9-11-5-7-15(8-6-11)20(17,18)12-3-4-12/h11-12H,2-10H2,1H3,(H,14,16). The van der Waals surface area contributed by atoms with E-state index < -0.39 is 10.0 Å². The van der Waals surface area contributed by atoms with Crippen molar-refractivity contribution < 1.29 is 17.9 Å². The third-order valence-corrected chi connectivity index (χ3v) is 6.30. The number of rotatable bonds is 7. The molecule has 1 aliphatic carbocycles. The van der Waals surface area contributed by atoms with Gasteiger partial charge in [0.15, 0.2) is 0 Å². The molecule has 0 spiro atoms. The van der Waals surface area contributed by atoms with Gasteiger partial charge in [-0.1, -0.05) is 0 Å². The monoisotopic (exact) mass is 304 g/mol. The summed E-state index contributed by atoms with van der Waals surface area (Å²) in [6.07, 6.45) is 3.27. The van der Waals surface area contributed by atoms with E-state index in [4.69, 9.17) is 4.74 Å². The van der Waals surface area contributed by atoms with E-state index >= 15 is 0 Å². The largest absolute Gasteiger partial charge is 0.372 e. The fourth-order valence-corrected chi connectivity index (χ4v) is 4.32. The second kappa shape index (κ2) is 6.87. The Morgan fingerprint density at radius 1 is 1.25 bits per heavy atom. The summed E-state index contributed by atoms with van der Waals surface area (Å²) in [7, 11) is -3.03. The lowest BCUT2D eigenvalue weighted by atomic mass is 9.98. The Labute approximate surface area is 120 Å². The van der Waals surface area contributed by atoms with Crippen molar-refractivity contribution in [2.45, 2.75) is 37.9 Å². The van der Waals surface area contributed by atoms with Crippen LogP contribution in [0.25, 0.3) is 0 Å². The van der Waals surface area contributed by atoms with Crippen molar-refractivity contribution >= 4 is 15.9 Å². The summed E-state index contributed by atoms with van der Waals surface area (Å²) in [5.74, 6) is 0.270. The lowest BCUT2D eigenvalue weighted by molar-refractivity contribution is -0.125. The minimum absolute atomic E-state index is 0.0973. The molecule has 1 saturated carbocycles. The highest BCUT2D eigenvalue weighted by Gasteiger charge is 2.41. The lowest BCUT2D eigenvalue weighted by Gasteiger charge is -2.31. The van der Waals surface area contributed by atoms with Gasteiger partial charge in [-0.2, -0.15) is 0 Å². The maximum Gasteiger partial charge on any atom is 0.246 e. The first-order chi connectivity index (χ1) is 9.54. The van der Waals surface area contributed by atoms with E-state index in [1.54, 1.807) is 4.31 Å². The van der Waals surface area contributed by atoms with Crippen LogP contribution < -0.4 is 5.32 Å². The number of hydrogen-bond acceptors (Lipinski definition) is 4. The predicted molar refractivity (Wildman–Crippen MR) is 75.7 cm³/mol. The summed E-state index contributed by atoms with van der Waals surface area (Å²) in [6, 6.07) is 0. The molecule has 1 saturated heterocycles. The number of nitrogens with one attached hydrogen (secondary N) is 1. The van der Waals surface area contributed by atoms with E-state index in [0.29, 0.717) is 32.2 Å². The molecule has 1 aliphatic heterocycles. The van der Waals surface area contributed by atoms with Crippen molar-refractivity contribution in [2.24, 2.45) is 5.92 Å².